The quantitative estimate of drug-likeness (QED) is 0.582. The normalized spacial score (nSPS) is 28.1. The second kappa shape index (κ2) is 6.75. The van der Waals surface area contributed by atoms with Gasteiger partial charge in [-0.05, 0) is 33.1 Å². The minimum absolute atomic E-state index is 0.178. The molecule has 2 fully saturated rings. The first-order valence-electron chi connectivity index (χ1n) is 7.71. The summed E-state index contributed by atoms with van der Waals surface area (Å²) < 4.78 is 21.8. The molecule has 120 valence electrons. The van der Waals surface area contributed by atoms with Crippen LogP contribution in [-0.2, 0) is 28.5 Å². The highest BCUT2D eigenvalue weighted by Gasteiger charge is 2.58. The Hall–Kier alpha value is -1.14. The fraction of sp³-hybridized carbons (Fsp3) is 0.867. The van der Waals surface area contributed by atoms with Crippen molar-refractivity contribution in [2.45, 2.75) is 51.7 Å². The summed E-state index contributed by atoms with van der Waals surface area (Å²) in [5.74, 6) is -1.91. The molecule has 0 aromatic heterocycles. The van der Waals surface area contributed by atoms with Gasteiger partial charge in [-0.25, -0.2) is 0 Å². The van der Waals surface area contributed by atoms with E-state index in [1.54, 1.807) is 13.8 Å². The van der Waals surface area contributed by atoms with Crippen LogP contribution in [0.5, 0.6) is 0 Å². The van der Waals surface area contributed by atoms with Gasteiger partial charge < -0.3 is 18.9 Å². The Morgan fingerprint density at radius 3 is 2.10 bits per heavy atom. The van der Waals surface area contributed by atoms with Crippen LogP contribution in [0.2, 0.25) is 0 Å². The minimum Gasteiger partial charge on any atom is -0.465 e. The number of carbonyl (C=O) groups is 2. The monoisotopic (exact) mass is 300 g/mol. The highest BCUT2D eigenvalue weighted by Crippen LogP contribution is 2.45. The fourth-order valence-corrected chi connectivity index (χ4v) is 3.06. The maximum absolute atomic E-state index is 12.4. The molecule has 1 atom stereocenters. The Balaban J connectivity index is 2.25. The van der Waals surface area contributed by atoms with Crippen molar-refractivity contribution in [1.82, 2.24) is 0 Å². The van der Waals surface area contributed by atoms with E-state index in [0.29, 0.717) is 13.0 Å². The van der Waals surface area contributed by atoms with E-state index in [-0.39, 0.29) is 32.7 Å². The average molecular weight is 300 g/mol. The van der Waals surface area contributed by atoms with E-state index < -0.39 is 23.1 Å². The zero-order valence-corrected chi connectivity index (χ0v) is 12.8. The van der Waals surface area contributed by atoms with Crippen molar-refractivity contribution >= 4 is 11.9 Å². The van der Waals surface area contributed by atoms with Crippen molar-refractivity contribution in [2.24, 2.45) is 5.41 Å². The first-order chi connectivity index (χ1) is 10.1. The lowest BCUT2D eigenvalue weighted by atomic mass is 9.75. The smallest absolute Gasteiger partial charge is 0.323 e. The van der Waals surface area contributed by atoms with E-state index in [0.717, 1.165) is 12.8 Å². The lowest BCUT2D eigenvalue weighted by molar-refractivity contribution is -0.292. The van der Waals surface area contributed by atoms with Crippen LogP contribution in [0.1, 0.15) is 46.0 Å². The summed E-state index contributed by atoms with van der Waals surface area (Å²) in [6.45, 7) is 4.79. The Kier molecular flexibility index (Phi) is 5.22. The maximum Gasteiger partial charge on any atom is 0.323 e. The molecule has 0 N–H and O–H groups in total. The second-order valence-corrected chi connectivity index (χ2v) is 5.51. The molecular formula is C15H24O6. The molecule has 1 spiro atoms. The first-order valence-corrected chi connectivity index (χ1v) is 7.71. The summed E-state index contributed by atoms with van der Waals surface area (Å²) in [5, 5.41) is 0. The minimum atomic E-state index is -1.30. The molecule has 0 saturated carbocycles. The zero-order chi connectivity index (χ0) is 15.3. The molecule has 2 rings (SSSR count). The van der Waals surface area contributed by atoms with Crippen LogP contribution in [-0.4, -0.2) is 44.2 Å². The third-order valence-electron chi connectivity index (χ3n) is 4.11. The SMILES string of the molecule is CCOC(=O)C1(C(=O)OCC)CCOC2(CCCCO2)C1. The van der Waals surface area contributed by atoms with Crippen molar-refractivity contribution < 1.29 is 28.5 Å². The van der Waals surface area contributed by atoms with E-state index in [1.807, 2.05) is 0 Å². The average Bonchev–Trinajstić information content (AvgIpc) is 2.48. The third kappa shape index (κ3) is 3.21. The number of hydrogen-bond donors (Lipinski definition) is 0. The lowest BCUT2D eigenvalue weighted by Crippen LogP contribution is -2.55. The van der Waals surface area contributed by atoms with Gasteiger partial charge in [-0.3, -0.25) is 9.59 Å². The second-order valence-electron chi connectivity index (χ2n) is 5.51. The van der Waals surface area contributed by atoms with E-state index in [4.69, 9.17) is 18.9 Å². The van der Waals surface area contributed by atoms with Crippen molar-refractivity contribution in [3.05, 3.63) is 0 Å². The molecule has 0 aromatic rings. The van der Waals surface area contributed by atoms with Crippen molar-refractivity contribution in [1.29, 1.82) is 0 Å². The molecule has 0 aliphatic carbocycles. The molecule has 0 aromatic carbocycles. The molecule has 2 aliphatic heterocycles. The van der Waals surface area contributed by atoms with Crippen molar-refractivity contribution in [3.63, 3.8) is 0 Å². The van der Waals surface area contributed by atoms with Gasteiger partial charge in [0.2, 0.25) is 0 Å². The predicted molar refractivity (Wildman–Crippen MR) is 73.4 cm³/mol. The number of ether oxygens (including phenoxy) is 4. The van der Waals surface area contributed by atoms with Gasteiger partial charge in [0.15, 0.2) is 11.2 Å². The largest absolute Gasteiger partial charge is 0.465 e. The molecule has 0 radical (unpaired) electrons. The lowest BCUT2D eigenvalue weighted by Gasteiger charge is -2.46. The Morgan fingerprint density at radius 2 is 1.57 bits per heavy atom. The van der Waals surface area contributed by atoms with Crippen molar-refractivity contribution in [3.8, 4) is 0 Å². The van der Waals surface area contributed by atoms with Crippen LogP contribution in [0.25, 0.3) is 0 Å². The highest BCUT2D eigenvalue weighted by molar-refractivity contribution is 6.00. The van der Waals surface area contributed by atoms with Crippen molar-refractivity contribution in [2.75, 3.05) is 26.4 Å². The van der Waals surface area contributed by atoms with Crippen LogP contribution >= 0.6 is 0 Å². The van der Waals surface area contributed by atoms with Crippen LogP contribution in [0, 0.1) is 5.41 Å². The predicted octanol–water partition coefficient (Wildman–Crippen LogP) is 1.81. The Labute approximate surface area is 125 Å². The maximum atomic E-state index is 12.4. The number of hydrogen-bond acceptors (Lipinski definition) is 6. The molecular weight excluding hydrogens is 276 g/mol. The molecule has 6 nitrogen and oxygen atoms in total. The third-order valence-corrected chi connectivity index (χ3v) is 4.11. The highest BCUT2D eigenvalue weighted by atomic mass is 16.7. The van der Waals surface area contributed by atoms with Gasteiger partial charge in [-0.2, -0.15) is 0 Å². The molecule has 0 bridgehead atoms. The van der Waals surface area contributed by atoms with E-state index in [9.17, 15) is 9.59 Å². The summed E-state index contributed by atoms with van der Waals surface area (Å²) in [7, 11) is 0. The van der Waals surface area contributed by atoms with Gasteiger partial charge in [0.05, 0.1) is 26.4 Å². The topological polar surface area (TPSA) is 71.1 Å². The van der Waals surface area contributed by atoms with E-state index >= 15 is 0 Å². The van der Waals surface area contributed by atoms with E-state index in [1.165, 1.54) is 0 Å². The molecule has 1 unspecified atom stereocenters. The zero-order valence-electron chi connectivity index (χ0n) is 12.8. The fourth-order valence-electron chi connectivity index (χ4n) is 3.06. The summed E-state index contributed by atoms with van der Waals surface area (Å²) >= 11 is 0. The van der Waals surface area contributed by atoms with Gasteiger partial charge in [-0.1, -0.05) is 0 Å². The molecule has 2 aliphatic rings. The molecule has 21 heavy (non-hydrogen) atoms. The van der Waals surface area contributed by atoms with Gasteiger partial charge >= 0.3 is 11.9 Å². The van der Waals surface area contributed by atoms with Gasteiger partial charge in [0.1, 0.15) is 0 Å². The molecule has 2 heterocycles. The number of rotatable bonds is 4. The summed E-state index contributed by atoms with van der Waals surface area (Å²) in [6.07, 6.45) is 3.07. The first kappa shape index (κ1) is 16.2. The van der Waals surface area contributed by atoms with Gasteiger partial charge in [-0.15, -0.1) is 0 Å². The Bertz CT molecular complexity index is 362. The summed E-state index contributed by atoms with van der Waals surface area (Å²) in [6, 6.07) is 0. The molecule has 0 amide bonds. The Morgan fingerprint density at radius 1 is 0.952 bits per heavy atom. The summed E-state index contributed by atoms with van der Waals surface area (Å²) in [4.78, 5) is 24.9. The number of carbonyl (C=O) groups excluding carboxylic acids is 2. The van der Waals surface area contributed by atoms with Crippen LogP contribution in [0.4, 0.5) is 0 Å². The summed E-state index contributed by atoms with van der Waals surface area (Å²) in [5.41, 5.74) is -1.30. The molecule has 6 heteroatoms. The van der Waals surface area contributed by atoms with Crippen LogP contribution in [0.15, 0.2) is 0 Å². The van der Waals surface area contributed by atoms with Crippen LogP contribution < -0.4 is 0 Å². The standard InChI is InChI=1S/C15H24O6/c1-3-18-12(16)14(13(17)19-4-2)8-10-21-15(11-14)7-5-6-9-20-15/h3-11H2,1-2H3. The van der Waals surface area contributed by atoms with Gasteiger partial charge in [0, 0.05) is 12.8 Å². The molecule has 2 saturated heterocycles. The van der Waals surface area contributed by atoms with Crippen LogP contribution in [0.3, 0.4) is 0 Å². The number of esters is 2. The van der Waals surface area contributed by atoms with Gasteiger partial charge in [0.25, 0.3) is 0 Å². The van der Waals surface area contributed by atoms with E-state index in [2.05, 4.69) is 0 Å².